The molecule has 0 aromatic carbocycles. The topological polar surface area (TPSA) is 15.3 Å². The zero-order chi connectivity index (χ0) is 10.8. The molecule has 0 aliphatic heterocycles. The first-order chi connectivity index (χ1) is 6.72. The van der Waals surface area contributed by atoms with Crippen LogP contribution in [-0.4, -0.2) is 37.1 Å². The van der Waals surface area contributed by atoms with E-state index in [-0.39, 0.29) is 0 Å². The quantitative estimate of drug-likeness (QED) is 0.575. The maximum absolute atomic E-state index is 3.36. The summed E-state index contributed by atoms with van der Waals surface area (Å²) in [7, 11) is 0. The lowest BCUT2D eigenvalue weighted by Crippen LogP contribution is -2.31. The molecule has 0 aromatic rings. The summed E-state index contributed by atoms with van der Waals surface area (Å²) in [4.78, 5) is 2.53. The molecule has 1 N–H and O–H groups in total. The molecule has 2 nitrogen and oxygen atoms in total. The summed E-state index contributed by atoms with van der Waals surface area (Å²) in [6, 6.07) is 0.703. The minimum Gasteiger partial charge on any atom is -0.317 e. The highest BCUT2D eigenvalue weighted by molar-refractivity contribution is 4.60. The van der Waals surface area contributed by atoms with Crippen LogP contribution in [0.5, 0.6) is 0 Å². The summed E-state index contributed by atoms with van der Waals surface area (Å²) < 4.78 is 0. The second kappa shape index (κ2) is 9.47. The Balaban J connectivity index is 3.25. The van der Waals surface area contributed by atoms with Gasteiger partial charge in [-0.1, -0.05) is 20.3 Å². The zero-order valence-electron chi connectivity index (χ0n) is 10.5. The molecule has 0 heterocycles. The second-order valence-corrected chi connectivity index (χ2v) is 4.14. The SMILES string of the molecule is CCNCCCCCN(CC)C(C)C. The highest BCUT2D eigenvalue weighted by atomic mass is 15.1. The van der Waals surface area contributed by atoms with E-state index in [1.807, 2.05) is 0 Å². The largest absolute Gasteiger partial charge is 0.317 e. The summed E-state index contributed by atoms with van der Waals surface area (Å²) in [6.45, 7) is 13.7. The molecule has 0 saturated carbocycles. The maximum Gasteiger partial charge on any atom is 0.00384 e. The fourth-order valence-corrected chi connectivity index (χ4v) is 1.70. The van der Waals surface area contributed by atoms with Gasteiger partial charge in [0.25, 0.3) is 0 Å². The normalized spacial score (nSPS) is 11.6. The Kier molecular flexibility index (Phi) is 9.42. The number of hydrogen-bond donors (Lipinski definition) is 1. The van der Waals surface area contributed by atoms with Gasteiger partial charge in [0.2, 0.25) is 0 Å². The van der Waals surface area contributed by atoms with Gasteiger partial charge in [0.05, 0.1) is 0 Å². The Morgan fingerprint density at radius 1 is 1.07 bits per heavy atom. The van der Waals surface area contributed by atoms with E-state index >= 15 is 0 Å². The predicted octanol–water partition coefficient (Wildman–Crippen LogP) is 2.50. The van der Waals surface area contributed by atoms with E-state index in [2.05, 4.69) is 37.9 Å². The van der Waals surface area contributed by atoms with Gasteiger partial charge in [0.15, 0.2) is 0 Å². The standard InChI is InChI=1S/C12H28N2/c1-5-13-10-8-7-9-11-14(6-2)12(3)4/h12-13H,5-11H2,1-4H3. The summed E-state index contributed by atoms with van der Waals surface area (Å²) in [5.74, 6) is 0. The van der Waals surface area contributed by atoms with Crippen molar-refractivity contribution in [2.45, 2.75) is 53.0 Å². The van der Waals surface area contributed by atoms with Gasteiger partial charge >= 0.3 is 0 Å². The van der Waals surface area contributed by atoms with Crippen molar-refractivity contribution < 1.29 is 0 Å². The van der Waals surface area contributed by atoms with Crippen LogP contribution in [0.25, 0.3) is 0 Å². The van der Waals surface area contributed by atoms with Crippen LogP contribution in [-0.2, 0) is 0 Å². The molecule has 0 rings (SSSR count). The second-order valence-electron chi connectivity index (χ2n) is 4.14. The fraction of sp³-hybridized carbons (Fsp3) is 1.00. The van der Waals surface area contributed by atoms with Crippen molar-refractivity contribution in [2.75, 3.05) is 26.2 Å². The minimum absolute atomic E-state index is 0.703. The van der Waals surface area contributed by atoms with Crippen LogP contribution in [0.1, 0.15) is 47.0 Å². The third-order valence-electron chi connectivity index (χ3n) is 2.69. The van der Waals surface area contributed by atoms with Gasteiger partial charge in [-0.15, -0.1) is 0 Å². The Morgan fingerprint density at radius 2 is 1.79 bits per heavy atom. The predicted molar refractivity (Wildman–Crippen MR) is 64.8 cm³/mol. The van der Waals surface area contributed by atoms with E-state index in [0.29, 0.717) is 6.04 Å². The van der Waals surface area contributed by atoms with Crippen molar-refractivity contribution in [3.8, 4) is 0 Å². The number of nitrogens with one attached hydrogen (secondary N) is 1. The smallest absolute Gasteiger partial charge is 0.00384 e. The fourth-order valence-electron chi connectivity index (χ4n) is 1.70. The molecule has 0 atom stereocenters. The highest BCUT2D eigenvalue weighted by Crippen LogP contribution is 2.02. The summed E-state index contributed by atoms with van der Waals surface area (Å²) in [6.07, 6.45) is 4.02. The molecule has 2 heteroatoms. The average molecular weight is 200 g/mol. The zero-order valence-corrected chi connectivity index (χ0v) is 10.5. The molecule has 0 fully saturated rings. The summed E-state index contributed by atoms with van der Waals surface area (Å²) >= 11 is 0. The van der Waals surface area contributed by atoms with E-state index in [9.17, 15) is 0 Å². The summed E-state index contributed by atoms with van der Waals surface area (Å²) in [5.41, 5.74) is 0. The monoisotopic (exact) mass is 200 g/mol. The number of unbranched alkanes of at least 4 members (excludes halogenated alkanes) is 2. The van der Waals surface area contributed by atoms with Crippen LogP contribution in [0.4, 0.5) is 0 Å². The lowest BCUT2D eigenvalue weighted by Gasteiger charge is -2.24. The third-order valence-corrected chi connectivity index (χ3v) is 2.69. The Morgan fingerprint density at radius 3 is 2.29 bits per heavy atom. The molecule has 0 aromatic heterocycles. The molecule has 0 radical (unpaired) electrons. The Labute approximate surface area is 90.1 Å². The lowest BCUT2D eigenvalue weighted by atomic mass is 10.2. The Bertz CT molecular complexity index is 113. The first kappa shape index (κ1) is 13.9. The van der Waals surface area contributed by atoms with E-state index in [1.54, 1.807) is 0 Å². The molecule has 86 valence electrons. The van der Waals surface area contributed by atoms with E-state index < -0.39 is 0 Å². The molecular formula is C12H28N2. The van der Waals surface area contributed by atoms with Crippen molar-refractivity contribution in [3.05, 3.63) is 0 Å². The maximum atomic E-state index is 3.36. The van der Waals surface area contributed by atoms with Crippen LogP contribution in [0.3, 0.4) is 0 Å². The van der Waals surface area contributed by atoms with Crippen molar-refractivity contribution in [3.63, 3.8) is 0 Å². The van der Waals surface area contributed by atoms with Crippen LogP contribution >= 0.6 is 0 Å². The van der Waals surface area contributed by atoms with E-state index in [0.717, 1.165) is 6.54 Å². The number of nitrogens with zero attached hydrogens (tertiary/aromatic N) is 1. The van der Waals surface area contributed by atoms with Crippen molar-refractivity contribution >= 4 is 0 Å². The summed E-state index contributed by atoms with van der Waals surface area (Å²) in [5, 5.41) is 3.36. The van der Waals surface area contributed by atoms with Crippen LogP contribution in [0.2, 0.25) is 0 Å². The molecular weight excluding hydrogens is 172 g/mol. The number of hydrogen-bond acceptors (Lipinski definition) is 2. The van der Waals surface area contributed by atoms with Gasteiger partial charge in [-0.3, -0.25) is 0 Å². The van der Waals surface area contributed by atoms with Crippen LogP contribution in [0.15, 0.2) is 0 Å². The van der Waals surface area contributed by atoms with Gasteiger partial charge in [-0.05, 0) is 52.9 Å². The van der Waals surface area contributed by atoms with E-state index in [1.165, 1.54) is 38.9 Å². The van der Waals surface area contributed by atoms with Gasteiger partial charge in [-0.2, -0.15) is 0 Å². The van der Waals surface area contributed by atoms with Crippen molar-refractivity contribution in [1.29, 1.82) is 0 Å². The number of rotatable bonds is 9. The Hall–Kier alpha value is -0.0800. The van der Waals surface area contributed by atoms with Gasteiger partial charge in [-0.25, -0.2) is 0 Å². The van der Waals surface area contributed by atoms with Gasteiger partial charge in [0, 0.05) is 6.04 Å². The van der Waals surface area contributed by atoms with Crippen LogP contribution in [0, 0.1) is 0 Å². The van der Waals surface area contributed by atoms with Gasteiger partial charge in [0.1, 0.15) is 0 Å². The molecule has 0 saturated heterocycles. The molecule has 0 unspecified atom stereocenters. The molecule has 14 heavy (non-hydrogen) atoms. The first-order valence-electron chi connectivity index (χ1n) is 6.17. The first-order valence-corrected chi connectivity index (χ1v) is 6.17. The van der Waals surface area contributed by atoms with Gasteiger partial charge < -0.3 is 10.2 Å². The van der Waals surface area contributed by atoms with Crippen molar-refractivity contribution in [1.82, 2.24) is 10.2 Å². The molecule has 0 bridgehead atoms. The van der Waals surface area contributed by atoms with Crippen LogP contribution < -0.4 is 5.32 Å². The lowest BCUT2D eigenvalue weighted by molar-refractivity contribution is 0.228. The molecule has 0 spiro atoms. The third kappa shape index (κ3) is 7.34. The molecule has 0 aliphatic carbocycles. The van der Waals surface area contributed by atoms with Crippen molar-refractivity contribution in [2.24, 2.45) is 0 Å². The average Bonchev–Trinajstić information content (AvgIpc) is 2.16. The highest BCUT2D eigenvalue weighted by Gasteiger charge is 2.04. The van der Waals surface area contributed by atoms with E-state index in [4.69, 9.17) is 0 Å². The molecule has 0 aliphatic rings. The minimum atomic E-state index is 0.703. The molecule has 0 amide bonds.